The van der Waals surface area contributed by atoms with E-state index < -0.39 is 5.97 Å². The number of allylic oxidation sites excluding steroid dienone is 1. The molecule has 3 aromatic carbocycles. The lowest BCUT2D eigenvalue weighted by molar-refractivity contribution is -0.133. The van der Waals surface area contributed by atoms with Gasteiger partial charge in [0.1, 0.15) is 17.2 Å². The molecule has 0 saturated carbocycles. The van der Waals surface area contributed by atoms with Gasteiger partial charge in [-0.05, 0) is 53.6 Å². The molecule has 6 heteroatoms. The van der Waals surface area contributed by atoms with Gasteiger partial charge < -0.3 is 14.2 Å². The van der Waals surface area contributed by atoms with Crippen LogP contribution in [0.4, 0.5) is 0 Å². The molecule has 1 aliphatic rings. The Kier molecular flexibility index (Phi) is 5.55. The molecule has 0 amide bonds. The minimum absolute atomic E-state index is 0.106. The lowest BCUT2D eigenvalue weighted by Gasteiger charge is -2.06. The predicted octanol–water partition coefficient (Wildman–Crippen LogP) is 5.11. The van der Waals surface area contributed by atoms with E-state index in [9.17, 15) is 9.59 Å². The van der Waals surface area contributed by atoms with Crippen LogP contribution in [-0.2, 0) is 11.2 Å². The standard InChI is InChI=1S/C24H17ClO5/c1-28-18-4-2-3-16(11-18)12-22-24(27)20-10-9-19(14-21(20)30-22)29-23(26)13-15-5-7-17(25)8-6-15/h2-12,14H,13H2,1H3/b22-12-. The average Bonchev–Trinajstić information content (AvgIpc) is 3.04. The maximum Gasteiger partial charge on any atom is 0.315 e. The molecule has 0 bridgehead atoms. The third-order valence-electron chi connectivity index (χ3n) is 4.53. The highest BCUT2D eigenvalue weighted by atomic mass is 35.5. The van der Waals surface area contributed by atoms with Crippen LogP contribution in [0, 0.1) is 0 Å². The molecular formula is C24H17ClO5. The fourth-order valence-corrected chi connectivity index (χ4v) is 3.18. The van der Waals surface area contributed by atoms with Gasteiger partial charge in [-0.2, -0.15) is 0 Å². The van der Waals surface area contributed by atoms with E-state index in [1.807, 2.05) is 18.2 Å². The SMILES string of the molecule is COc1cccc(/C=C2\Oc3cc(OC(=O)Cc4ccc(Cl)cc4)ccc3C2=O)c1. The smallest absolute Gasteiger partial charge is 0.315 e. The Morgan fingerprint density at radius 2 is 1.83 bits per heavy atom. The number of methoxy groups -OCH3 is 1. The topological polar surface area (TPSA) is 61.8 Å². The van der Waals surface area contributed by atoms with Crippen molar-refractivity contribution in [1.29, 1.82) is 0 Å². The van der Waals surface area contributed by atoms with Crippen LogP contribution in [0.25, 0.3) is 6.08 Å². The largest absolute Gasteiger partial charge is 0.497 e. The van der Waals surface area contributed by atoms with Gasteiger partial charge in [-0.1, -0.05) is 35.9 Å². The molecule has 30 heavy (non-hydrogen) atoms. The molecule has 150 valence electrons. The van der Waals surface area contributed by atoms with E-state index in [-0.39, 0.29) is 18.0 Å². The second-order valence-corrected chi connectivity index (χ2v) is 7.09. The molecule has 0 radical (unpaired) electrons. The Bertz CT molecular complexity index is 1150. The van der Waals surface area contributed by atoms with Crippen molar-refractivity contribution in [3.8, 4) is 17.2 Å². The van der Waals surface area contributed by atoms with Gasteiger partial charge in [0.2, 0.25) is 5.78 Å². The second-order valence-electron chi connectivity index (χ2n) is 6.65. The van der Waals surface area contributed by atoms with Crippen LogP contribution < -0.4 is 14.2 Å². The minimum atomic E-state index is -0.422. The first-order chi connectivity index (χ1) is 14.5. The molecule has 1 aliphatic heterocycles. The van der Waals surface area contributed by atoms with E-state index in [2.05, 4.69) is 0 Å². The Morgan fingerprint density at radius 3 is 2.60 bits per heavy atom. The van der Waals surface area contributed by atoms with E-state index in [1.54, 1.807) is 61.7 Å². The number of ketones is 1. The molecule has 1 heterocycles. The van der Waals surface area contributed by atoms with Gasteiger partial charge in [0.15, 0.2) is 5.76 Å². The number of carbonyl (C=O) groups is 2. The van der Waals surface area contributed by atoms with Crippen LogP contribution in [0.2, 0.25) is 5.02 Å². The van der Waals surface area contributed by atoms with E-state index >= 15 is 0 Å². The van der Waals surface area contributed by atoms with Gasteiger partial charge in [0.25, 0.3) is 0 Å². The number of ether oxygens (including phenoxy) is 3. The molecule has 0 unspecified atom stereocenters. The summed E-state index contributed by atoms with van der Waals surface area (Å²) in [5.41, 5.74) is 1.99. The number of benzene rings is 3. The van der Waals surface area contributed by atoms with Crippen molar-refractivity contribution in [3.63, 3.8) is 0 Å². The Morgan fingerprint density at radius 1 is 1.03 bits per heavy atom. The van der Waals surface area contributed by atoms with Crippen molar-refractivity contribution < 1.29 is 23.8 Å². The van der Waals surface area contributed by atoms with Gasteiger partial charge in [-0.3, -0.25) is 9.59 Å². The summed E-state index contributed by atoms with van der Waals surface area (Å²) < 4.78 is 16.3. The molecule has 4 rings (SSSR count). The van der Waals surface area contributed by atoms with Gasteiger partial charge in [0.05, 0.1) is 19.1 Å². The zero-order valence-electron chi connectivity index (χ0n) is 16.1. The highest BCUT2D eigenvalue weighted by molar-refractivity contribution is 6.30. The van der Waals surface area contributed by atoms with Crippen LogP contribution in [0.3, 0.4) is 0 Å². The summed E-state index contributed by atoms with van der Waals surface area (Å²) in [5, 5.41) is 0.602. The van der Waals surface area contributed by atoms with Crippen molar-refractivity contribution in [3.05, 3.63) is 94.2 Å². The van der Waals surface area contributed by atoms with Crippen molar-refractivity contribution in [2.45, 2.75) is 6.42 Å². The quantitative estimate of drug-likeness (QED) is 0.326. The molecule has 5 nitrogen and oxygen atoms in total. The van der Waals surface area contributed by atoms with Crippen molar-refractivity contribution in [2.75, 3.05) is 7.11 Å². The predicted molar refractivity (Wildman–Crippen MR) is 113 cm³/mol. The van der Waals surface area contributed by atoms with Crippen LogP contribution in [0.1, 0.15) is 21.5 Å². The van der Waals surface area contributed by atoms with Crippen molar-refractivity contribution >= 4 is 29.4 Å². The molecule has 0 spiro atoms. The van der Waals surface area contributed by atoms with Gasteiger partial charge in [0, 0.05) is 11.1 Å². The first kappa shape index (κ1) is 19.7. The minimum Gasteiger partial charge on any atom is -0.497 e. The number of halogens is 1. The average molecular weight is 421 g/mol. The molecule has 0 aromatic heterocycles. The Labute approximate surface area is 178 Å². The van der Waals surface area contributed by atoms with Crippen molar-refractivity contribution in [2.24, 2.45) is 0 Å². The number of Topliss-reactive ketones (excluding diaryl/α,β-unsaturated/α-hetero) is 1. The van der Waals surface area contributed by atoms with E-state index in [4.69, 9.17) is 25.8 Å². The zero-order valence-corrected chi connectivity index (χ0v) is 16.8. The summed E-state index contributed by atoms with van der Waals surface area (Å²) in [7, 11) is 1.58. The lowest BCUT2D eigenvalue weighted by Crippen LogP contribution is -2.11. The second kappa shape index (κ2) is 8.43. The molecule has 0 atom stereocenters. The zero-order chi connectivity index (χ0) is 21.1. The van der Waals surface area contributed by atoms with Crippen LogP contribution in [0.5, 0.6) is 17.2 Å². The van der Waals surface area contributed by atoms with Crippen molar-refractivity contribution in [1.82, 2.24) is 0 Å². The number of hydrogen-bond acceptors (Lipinski definition) is 5. The third kappa shape index (κ3) is 4.36. The molecule has 0 saturated heterocycles. The normalized spacial score (nSPS) is 13.7. The molecular weight excluding hydrogens is 404 g/mol. The summed E-state index contributed by atoms with van der Waals surface area (Å²) in [6, 6.07) is 19.0. The number of fused-ring (bicyclic) bond motifs is 1. The Balaban J connectivity index is 1.48. The maximum atomic E-state index is 12.6. The molecule has 0 N–H and O–H groups in total. The third-order valence-corrected chi connectivity index (χ3v) is 4.78. The van der Waals surface area contributed by atoms with E-state index in [1.165, 1.54) is 0 Å². The Hall–Kier alpha value is -3.57. The molecule has 0 fully saturated rings. The first-order valence-electron chi connectivity index (χ1n) is 9.19. The van der Waals surface area contributed by atoms with E-state index in [0.717, 1.165) is 11.1 Å². The fraction of sp³-hybridized carbons (Fsp3) is 0.0833. The number of esters is 1. The summed E-state index contributed by atoms with van der Waals surface area (Å²) >= 11 is 5.85. The summed E-state index contributed by atoms with van der Waals surface area (Å²) in [5.74, 6) is 0.889. The van der Waals surface area contributed by atoms with Gasteiger partial charge >= 0.3 is 5.97 Å². The summed E-state index contributed by atoms with van der Waals surface area (Å²) in [4.78, 5) is 24.8. The van der Waals surface area contributed by atoms with E-state index in [0.29, 0.717) is 27.8 Å². The fourth-order valence-electron chi connectivity index (χ4n) is 3.05. The van der Waals surface area contributed by atoms with Crippen LogP contribution in [-0.4, -0.2) is 18.9 Å². The number of carbonyl (C=O) groups excluding carboxylic acids is 2. The number of hydrogen-bond donors (Lipinski definition) is 0. The molecule has 0 aliphatic carbocycles. The monoisotopic (exact) mass is 420 g/mol. The van der Waals surface area contributed by atoms with Gasteiger partial charge in [-0.25, -0.2) is 0 Å². The number of rotatable bonds is 5. The highest BCUT2D eigenvalue weighted by Gasteiger charge is 2.28. The first-order valence-corrected chi connectivity index (χ1v) is 9.57. The maximum absolute atomic E-state index is 12.6. The van der Waals surface area contributed by atoms with Crippen LogP contribution >= 0.6 is 11.6 Å². The molecule has 3 aromatic rings. The summed E-state index contributed by atoms with van der Waals surface area (Å²) in [6.07, 6.45) is 1.76. The highest BCUT2D eigenvalue weighted by Crippen LogP contribution is 2.35. The van der Waals surface area contributed by atoms with Gasteiger partial charge in [-0.15, -0.1) is 0 Å². The van der Waals surface area contributed by atoms with Crippen LogP contribution in [0.15, 0.2) is 72.5 Å². The lowest BCUT2D eigenvalue weighted by atomic mass is 10.1. The summed E-state index contributed by atoms with van der Waals surface area (Å²) in [6.45, 7) is 0.